The summed E-state index contributed by atoms with van der Waals surface area (Å²) in [5.74, 6) is -0.315. The zero-order valence-electron chi connectivity index (χ0n) is 17.4. The molecular formula is C24H17Cl2N3O5. The molecular weight excluding hydrogens is 481 g/mol. The van der Waals surface area contributed by atoms with Gasteiger partial charge in [-0.1, -0.05) is 47.5 Å². The van der Waals surface area contributed by atoms with E-state index >= 15 is 0 Å². The number of phenols is 1. The van der Waals surface area contributed by atoms with Crippen LogP contribution in [0, 0.1) is 0 Å². The van der Waals surface area contributed by atoms with Gasteiger partial charge in [-0.3, -0.25) is 9.59 Å². The lowest BCUT2D eigenvalue weighted by Gasteiger charge is -2.09. The van der Waals surface area contributed by atoms with Crippen LogP contribution in [0.5, 0.6) is 17.2 Å². The van der Waals surface area contributed by atoms with E-state index in [1.807, 2.05) is 0 Å². The molecule has 8 nitrogen and oxygen atoms in total. The highest BCUT2D eigenvalue weighted by Crippen LogP contribution is 2.33. The fourth-order valence-electron chi connectivity index (χ4n) is 3.02. The Hall–Kier alpha value is -4.01. The predicted octanol–water partition coefficient (Wildman–Crippen LogP) is 4.35. The number of hydrazone groups is 1. The van der Waals surface area contributed by atoms with Crippen molar-refractivity contribution in [1.29, 1.82) is 0 Å². The van der Waals surface area contributed by atoms with Crippen molar-refractivity contribution in [2.45, 2.75) is 0 Å². The lowest BCUT2D eigenvalue weighted by Crippen LogP contribution is -2.32. The summed E-state index contributed by atoms with van der Waals surface area (Å²) < 4.78 is 10.7. The van der Waals surface area contributed by atoms with Crippen molar-refractivity contribution in [3.8, 4) is 17.2 Å². The Morgan fingerprint density at radius 1 is 1.00 bits per heavy atom. The number of ether oxygens (including phenoxy) is 2. The van der Waals surface area contributed by atoms with Crippen LogP contribution in [-0.2, 0) is 4.79 Å². The van der Waals surface area contributed by atoms with Crippen LogP contribution in [-0.4, -0.2) is 29.9 Å². The van der Waals surface area contributed by atoms with E-state index in [1.165, 1.54) is 24.4 Å². The van der Waals surface area contributed by atoms with Crippen molar-refractivity contribution in [2.24, 2.45) is 5.10 Å². The highest BCUT2D eigenvalue weighted by molar-refractivity contribution is 6.36. The number of fused-ring (bicyclic) bond motifs is 1. The van der Waals surface area contributed by atoms with Gasteiger partial charge in [-0.15, -0.1) is 0 Å². The summed E-state index contributed by atoms with van der Waals surface area (Å²) in [4.78, 5) is 25.6. The maximum atomic E-state index is 12.9. The van der Waals surface area contributed by atoms with E-state index < -0.39 is 11.8 Å². The van der Waals surface area contributed by atoms with Crippen molar-refractivity contribution in [3.05, 3.63) is 93.1 Å². The fourth-order valence-corrected chi connectivity index (χ4v) is 3.53. The second-order valence-electron chi connectivity index (χ2n) is 7.02. The molecule has 34 heavy (non-hydrogen) atoms. The molecule has 0 saturated carbocycles. The van der Waals surface area contributed by atoms with Gasteiger partial charge in [0.1, 0.15) is 11.4 Å². The van der Waals surface area contributed by atoms with Crippen LogP contribution < -0.4 is 20.2 Å². The van der Waals surface area contributed by atoms with Crippen molar-refractivity contribution in [2.75, 3.05) is 6.79 Å². The zero-order valence-corrected chi connectivity index (χ0v) is 18.9. The number of carbonyl (C=O) groups excluding carboxylic acids is 2. The molecule has 0 saturated heterocycles. The third-order valence-corrected chi connectivity index (χ3v) is 5.17. The summed E-state index contributed by atoms with van der Waals surface area (Å²) in [6.45, 7) is 0.107. The van der Waals surface area contributed by atoms with Gasteiger partial charge >= 0.3 is 0 Å². The Bertz CT molecular complexity index is 1310. The van der Waals surface area contributed by atoms with Gasteiger partial charge in [-0.2, -0.15) is 5.10 Å². The molecule has 0 radical (unpaired) electrons. The molecule has 1 heterocycles. The van der Waals surface area contributed by atoms with E-state index in [0.29, 0.717) is 22.6 Å². The quantitative estimate of drug-likeness (QED) is 0.266. The average Bonchev–Trinajstić information content (AvgIpc) is 3.30. The van der Waals surface area contributed by atoms with E-state index in [-0.39, 0.29) is 33.8 Å². The molecule has 1 aliphatic rings. The maximum absolute atomic E-state index is 12.9. The van der Waals surface area contributed by atoms with Gasteiger partial charge in [-0.25, -0.2) is 5.43 Å². The summed E-state index contributed by atoms with van der Waals surface area (Å²) in [5, 5.41) is 16.8. The maximum Gasteiger partial charge on any atom is 0.287 e. The second kappa shape index (κ2) is 10.3. The number of nitrogens with zero attached hydrogens (tertiary/aromatic N) is 1. The molecule has 2 amide bonds. The van der Waals surface area contributed by atoms with Crippen LogP contribution in [0.2, 0.25) is 10.0 Å². The van der Waals surface area contributed by atoms with Gasteiger partial charge in [0.15, 0.2) is 11.5 Å². The molecule has 0 fully saturated rings. The molecule has 0 atom stereocenters. The number of nitrogens with one attached hydrogen (secondary N) is 2. The number of amides is 2. The number of hydrogen-bond acceptors (Lipinski definition) is 6. The van der Waals surface area contributed by atoms with Gasteiger partial charge in [0, 0.05) is 16.1 Å². The molecule has 3 aromatic rings. The Labute approximate surface area is 204 Å². The number of hydrogen-bond donors (Lipinski definition) is 3. The Morgan fingerprint density at radius 3 is 2.56 bits per heavy atom. The lowest BCUT2D eigenvalue weighted by atomic mass is 10.1. The van der Waals surface area contributed by atoms with E-state index in [9.17, 15) is 14.7 Å². The van der Waals surface area contributed by atoms with Crippen LogP contribution in [0.3, 0.4) is 0 Å². The molecule has 3 N–H and O–H groups in total. The minimum Gasteiger partial charge on any atom is -0.506 e. The Kier molecular flexibility index (Phi) is 7.01. The van der Waals surface area contributed by atoms with E-state index in [0.717, 1.165) is 0 Å². The first-order valence-electron chi connectivity index (χ1n) is 9.90. The van der Waals surface area contributed by atoms with Gasteiger partial charge in [0.2, 0.25) is 6.79 Å². The minimum absolute atomic E-state index is 0.0405. The van der Waals surface area contributed by atoms with Crippen LogP contribution in [0.15, 0.2) is 71.5 Å². The average molecular weight is 498 g/mol. The van der Waals surface area contributed by atoms with Gasteiger partial charge < -0.3 is 19.9 Å². The van der Waals surface area contributed by atoms with Gasteiger partial charge in [0.25, 0.3) is 11.8 Å². The molecule has 0 aromatic heterocycles. The van der Waals surface area contributed by atoms with Crippen LogP contribution >= 0.6 is 23.2 Å². The molecule has 4 rings (SSSR count). The van der Waals surface area contributed by atoms with Crippen molar-refractivity contribution in [3.63, 3.8) is 0 Å². The van der Waals surface area contributed by atoms with Gasteiger partial charge in [0.05, 0.1) is 11.2 Å². The highest BCUT2D eigenvalue weighted by atomic mass is 35.5. The van der Waals surface area contributed by atoms with Crippen LogP contribution in [0.1, 0.15) is 21.5 Å². The largest absolute Gasteiger partial charge is 0.506 e. The van der Waals surface area contributed by atoms with Gasteiger partial charge in [-0.05, 0) is 48.0 Å². The second-order valence-corrected chi connectivity index (χ2v) is 7.86. The number of aromatic hydroxyl groups is 1. The standard InChI is InChI=1S/C24H17Cl2N3O5/c25-17-10-16(22(30)18(26)11-17)12-27-29-24(32)19(28-23(31)15-4-2-1-3-5-15)8-14-6-7-20-21(9-14)34-13-33-20/h1-12,30H,13H2,(H,28,31)(H,29,32)/b19-8+,27-12-. The number of benzene rings is 3. The summed E-state index contributed by atoms with van der Waals surface area (Å²) in [7, 11) is 0. The Balaban J connectivity index is 1.58. The molecule has 0 bridgehead atoms. The molecule has 0 aliphatic carbocycles. The normalized spacial score (nSPS) is 12.6. The van der Waals surface area contributed by atoms with E-state index in [4.69, 9.17) is 32.7 Å². The number of halogens is 2. The predicted molar refractivity (Wildman–Crippen MR) is 128 cm³/mol. The summed E-state index contributed by atoms with van der Waals surface area (Å²) in [6.07, 6.45) is 2.66. The molecule has 3 aromatic carbocycles. The topological polar surface area (TPSA) is 109 Å². The summed E-state index contributed by atoms with van der Waals surface area (Å²) in [6, 6.07) is 16.3. The fraction of sp³-hybridized carbons (Fsp3) is 0.0417. The minimum atomic E-state index is -0.703. The number of carbonyl (C=O) groups is 2. The summed E-state index contributed by atoms with van der Waals surface area (Å²) in [5.41, 5.74) is 3.41. The third kappa shape index (κ3) is 5.48. The molecule has 1 aliphatic heterocycles. The molecule has 10 heteroatoms. The SMILES string of the molecule is O=C(N/N=C\c1cc(Cl)cc(Cl)c1O)/C(=C\c1ccc2c(c1)OCO2)NC(=O)c1ccccc1. The first-order chi connectivity index (χ1) is 16.4. The molecule has 172 valence electrons. The monoisotopic (exact) mass is 497 g/mol. The molecule has 0 spiro atoms. The number of rotatable bonds is 6. The smallest absolute Gasteiger partial charge is 0.287 e. The first-order valence-corrected chi connectivity index (χ1v) is 10.7. The highest BCUT2D eigenvalue weighted by Gasteiger charge is 2.17. The van der Waals surface area contributed by atoms with Crippen molar-refractivity contribution < 1.29 is 24.2 Å². The third-order valence-electron chi connectivity index (χ3n) is 4.66. The van der Waals surface area contributed by atoms with Crippen LogP contribution in [0.4, 0.5) is 0 Å². The Morgan fingerprint density at radius 2 is 1.76 bits per heavy atom. The zero-order chi connectivity index (χ0) is 24.1. The van der Waals surface area contributed by atoms with E-state index in [1.54, 1.807) is 48.5 Å². The van der Waals surface area contributed by atoms with Crippen LogP contribution in [0.25, 0.3) is 6.08 Å². The van der Waals surface area contributed by atoms with Crippen molar-refractivity contribution >= 4 is 47.3 Å². The molecule has 0 unspecified atom stereocenters. The van der Waals surface area contributed by atoms with Crippen molar-refractivity contribution in [1.82, 2.24) is 10.7 Å². The lowest BCUT2D eigenvalue weighted by molar-refractivity contribution is -0.117. The number of phenolic OH excluding ortho intramolecular Hbond substituents is 1. The summed E-state index contributed by atoms with van der Waals surface area (Å²) >= 11 is 11.8. The van der Waals surface area contributed by atoms with E-state index in [2.05, 4.69) is 15.8 Å². The first kappa shape index (κ1) is 23.2.